The van der Waals surface area contributed by atoms with E-state index in [1.54, 1.807) is 4.90 Å². The molecule has 0 radical (unpaired) electrons. The van der Waals surface area contributed by atoms with Gasteiger partial charge in [-0.3, -0.25) is 4.79 Å². The van der Waals surface area contributed by atoms with E-state index in [9.17, 15) is 13.2 Å². The minimum atomic E-state index is -4.12. The molecule has 0 aliphatic rings. The fourth-order valence-corrected chi connectivity index (χ4v) is 2.71. The minimum Gasteiger partial charge on any atom is -0.339 e. The molecule has 1 rings (SSSR count). The van der Waals surface area contributed by atoms with Gasteiger partial charge in [0.1, 0.15) is 4.90 Å². The maximum Gasteiger partial charge on any atom is 0.263 e. The zero-order valence-electron chi connectivity index (χ0n) is 10.6. The summed E-state index contributed by atoms with van der Waals surface area (Å²) in [5.41, 5.74) is 0.196. The smallest absolute Gasteiger partial charge is 0.263 e. The van der Waals surface area contributed by atoms with Crippen LogP contribution >= 0.6 is 11.6 Å². The van der Waals surface area contributed by atoms with Crippen molar-refractivity contribution in [1.82, 2.24) is 9.79 Å². The first-order valence-corrected chi connectivity index (χ1v) is 7.48. The molecule has 6 nitrogen and oxygen atoms in total. The van der Waals surface area contributed by atoms with E-state index in [0.29, 0.717) is 13.1 Å². The number of nitrogens with one attached hydrogen (secondary N) is 1. The van der Waals surface area contributed by atoms with Crippen LogP contribution in [-0.2, 0) is 10.0 Å². The van der Waals surface area contributed by atoms with E-state index in [2.05, 4.69) is 0 Å². The number of benzene rings is 1. The summed E-state index contributed by atoms with van der Waals surface area (Å²) < 4.78 is 23.1. The standard InChI is InChI=1S/C11H15ClN2O4S/c1-3-14(4-2)11(15)8-5-6-9(12)10(7-8)19(17,18)13-16/h5-7,13,16H,3-4H2,1-2H3. The molecule has 2 N–H and O–H groups in total. The number of halogens is 1. The van der Waals surface area contributed by atoms with Gasteiger partial charge in [-0.25, -0.2) is 8.42 Å². The number of carbonyl (C=O) groups is 1. The van der Waals surface area contributed by atoms with E-state index in [1.165, 1.54) is 17.0 Å². The Kier molecular flexibility index (Phi) is 5.30. The van der Waals surface area contributed by atoms with Gasteiger partial charge in [0.15, 0.2) is 0 Å². The Morgan fingerprint density at radius 2 is 1.95 bits per heavy atom. The van der Waals surface area contributed by atoms with Crippen molar-refractivity contribution in [2.45, 2.75) is 18.7 Å². The Labute approximate surface area is 117 Å². The van der Waals surface area contributed by atoms with Crippen LogP contribution in [0.4, 0.5) is 0 Å². The normalized spacial score (nSPS) is 11.4. The van der Waals surface area contributed by atoms with Crippen molar-refractivity contribution < 1.29 is 18.4 Å². The Hall–Kier alpha value is -1.15. The summed E-state index contributed by atoms with van der Waals surface area (Å²) >= 11 is 5.76. The molecule has 0 aliphatic heterocycles. The number of sulfonamides is 1. The molecule has 19 heavy (non-hydrogen) atoms. The molecule has 1 aromatic rings. The first-order valence-electron chi connectivity index (χ1n) is 5.62. The minimum absolute atomic E-state index is 0.0716. The highest BCUT2D eigenvalue weighted by atomic mass is 35.5. The van der Waals surface area contributed by atoms with Crippen molar-refractivity contribution in [3.8, 4) is 0 Å². The maximum atomic E-state index is 12.1. The predicted octanol–water partition coefficient (Wildman–Crippen LogP) is 1.49. The molecule has 0 atom stereocenters. The molecule has 0 spiro atoms. The number of rotatable bonds is 5. The van der Waals surface area contributed by atoms with E-state index in [0.717, 1.165) is 6.07 Å². The second-order valence-electron chi connectivity index (χ2n) is 3.72. The van der Waals surface area contributed by atoms with Gasteiger partial charge in [-0.2, -0.15) is 0 Å². The van der Waals surface area contributed by atoms with Gasteiger partial charge in [-0.05, 0) is 32.0 Å². The third-order valence-electron chi connectivity index (χ3n) is 2.64. The van der Waals surface area contributed by atoms with Gasteiger partial charge < -0.3 is 10.1 Å². The summed E-state index contributed by atoms with van der Waals surface area (Å²) in [6.45, 7) is 4.67. The molecule has 8 heteroatoms. The highest BCUT2D eigenvalue weighted by Crippen LogP contribution is 2.23. The zero-order valence-corrected chi connectivity index (χ0v) is 12.1. The zero-order chi connectivity index (χ0) is 14.6. The summed E-state index contributed by atoms with van der Waals surface area (Å²) in [6.07, 6.45) is 0. The lowest BCUT2D eigenvalue weighted by molar-refractivity contribution is 0.0772. The first-order chi connectivity index (χ1) is 8.87. The van der Waals surface area contributed by atoms with Crippen molar-refractivity contribution in [3.05, 3.63) is 28.8 Å². The Bertz CT molecular complexity index is 570. The molecule has 1 aromatic carbocycles. The third-order valence-corrected chi connectivity index (χ3v) is 4.24. The van der Waals surface area contributed by atoms with E-state index in [1.807, 2.05) is 13.8 Å². The first kappa shape index (κ1) is 15.9. The van der Waals surface area contributed by atoms with Gasteiger partial charge in [0.05, 0.1) is 5.02 Å². The predicted molar refractivity (Wildman–Crippen MR) is 70.8 cm³/mol. The molecular weight excluding hydrogens is 292 g/mol. The highest BCUT2D eigenvalue weighted by molar-refractivity contribution is 7.89. The van der Waals surface area contributed by atoms with Crippen LogP contribution in [0.5, 0.6) is 0 Å². The van der Waals surface area contributed by atoms with Crippen LogP contribution in [0.3, 0.4) is 0 Å². The molecular formula is C11H15ClN2O4S. The number of carbonyl (C=O) groups excluding carboxylic acids is 1. The Balaban J connectivity index is 3.27. The summed E-state index contributed by atoms with van der Waals surface area (Å²) in [6, 6.07) is 3.89. The van der Waals surface area contributed by atoms with Crippen LogP contribution in [0.15, 0.2) is 23.1 Å². The molecule has 0 saturated heterocycles. The SMILES string of the molecule is CCN(CC)C(=O)c1ccc(Cl)c(S(=O)(=O)NO)c1. The van der Waals surface area contributed by atoms with E-state index < -0.39 is 10.0 Å². The van der Waals surface area contributed by atoms with Crippen molar-refractivity contribution in [2.24, 2.45) is 0 Å². The van der Waals surface area contributed by atoms with E-state index in [4.69, 9.17) is 16.8 Å². The van der Waals surface area contributed by atoms with E-state index >= 15 is 0 Å². The van der Waals surface area contributed by atoms with E-state index in [-0.39, 0.29) is 21.4 Å². The van der Waals surface area contributed by atoms with Gasteiger partial charge in [0.25, 0.3) is 15.9 Å². The average Bonchev–Trinajstić information content (AvgIpc) is 2.40. The van der Waals surface area contributed by atoms with Gasteiger partial charge in [0, 0.05) is 18.7 Å². The van der Waals surface area contributed by atoms with Crippen LogP contribution in [0.1, 0.15) is 24.2 Å². The van der Waals surface area contributed by atoms with Gasteiger partial charge in [-0.1, -0.05) is 16.5 Å². The average molecular weight is 307 g/mol. The van der Waals surface area contributed by atoms with Gasteiger partial charge >= 0.3 is 0 Å². The van der Waals surface area contributed by atoms with Crippen LogP contribution in [-0.4, -0.2) is 37.5 Å². The molecule has 0 bridgehead atoms. The second-order valence-corrected chi connectivity index (χ2v) is 5.75. The molecule has 1 amide bonds. The number of hydrogen-bond acceptors (Lipinski definition) is 4. The third kappa shape index (κ3) is 3.44. The molecule has 106 valence electrons. The molecule has 0 heterocycles. The fraction of sp³-hybridized carbons (Fsp3) is 0.364. The summed E-state index contributed by atoms with van der Waals surface area (Å²) in [5, 5.41) is 8.54. The lowest BCUT2D eigenvalue weighted by Crippen LogP contribution is -2.30. The summed E-state index contributed by atoms with van der Waals surface area (Å²) in [5.74, 6) is -0.295. The lowest BCUT2D eigenvalue weighted by atomic mass is 10.2. The van der Waals surface area contributed by atoms with Crippen LogP contribution in [0, 0.1) is 0 Å². The Morgan fingerprint density at radius 3 is 2.42 bits per heavy atom. The monoisotopic (exact) mass is 306 g/mol. The fourth-order valence-electron chi connectivity index (χ4n) is 1.58. The summed E-state index contributed by atoms with van der Waals surface area (Å²) in [7, 11) is -4.12. The summed E-state index contributed by atoms with van der Waals surface area (Å²) in [4.78, 5) is 14.5. The Morgan fingerprint density at radius 1 is 1.37 bits per heavy atom. The molecule has 0 saturated carbocycles. The van der Waals surface area contributed by atoms with Gasteiger partial charge in [0.2, 0.25) is 0 Å². The van der Waals surface area contributed by atoms with Crippen LogP contribution < -0.4 is 4.89 Å². The quantitative estimate of drug-likeness (QED) is 0.807. The number of amides is 1. The number of nitrogens with zero attached hydrogens (tertiary/aromatic N) is 1. The topological polar surface area (TPSA) is 86.7 Å². The van der Waals surface area contributed by atoms with Crippen molar-refractivity contribution >= 4 is 27.5 Å². The lowest BCUT2D eigenvalue weighted by Gasteiger charge is -2.19. The van der Waals surface area contributed by atoms with Crippen LogP contribution in [0.25, 0.3) is 0 Å². The highest BCUT2D eigenvalue weighted by Gasteiger charge is 2.20. The molecule has 0 aromatic heterocycles. The molecule has 0 aliphatic carbocycles. The molecule has 0 fully saturated rings. The largest absolute Gasteiger partial charge is 0.339 e. The molecule has 0 unspecified atom stereocenters. The second kappa shape index (κ2) is 6.33. The maximum absolute atomic E-state index is 12.1. The van der Waals surface area contributed by atoms with Crippen LogP contribution in [0.2, 0.25) is 5.02 Å². The van der Waals surface area contributed by atoms with Gasteiger partial charge in [-0.15, -0.1) is 0 Å². The number of hydrogen-bond donors (Lipinski definition) is 2. The van der Waals surface area contributed by atoms with Crippen molar-refractivity contribution in [3.63, 3.8) is 0 Å². The van der Waals surface area contributed by atoms with Crippen molar-refractivity contribution in [2.75, 3.05) is 13.1 Å². The van der Waals surface area contributed by atoms with Crippen molar-refractivity contribution in [1.29, 1.82) is 0 Å².